The summed E-state index contributed by atoms with van der Waals surface area (Å²) in [6, 6.07) is 20.6. The summed E-state index contributed by atoms with van der Waals surface area (Å²) in [5.41, 5.74) is 3.93. The summed E-state index contributed by atoms with van der Waals surface area (Å²) in [7, 11) is 1.55. The molecule has 8 heteroatoms. The first-order chi connectivity index (χ1) is 16.9. The van der Waals surface area contributed by atoms with E-state index in [1.165, 1.54) is 0 Å². The van der Waals surface area contributed by atoms with Crippen molar-refractivity contribution in [3.05, 3.63) is 97.9 Å². The molecule has 1 saturated heterocycles. The molecule has 1 aliphatic heterocycles. The number of rotatable bonds is 7. The van der Waals surface area contributed by atoms with Crippen LogP contribution >= 0.6 is 27.7 Å². The van der Waals surface area contributed by atoms with Gasteiger partial charge in [-0.1, -0.05) is 48.0 Å². The lowest BCUT2D eigenvalue weighted by Crippen LogP contribution is -2.27. The van der Waals surface area contributed by atoms with Crippen LogP contribution < -0.4 is 9.47 Å². The molecule has 3 aromatic rings. The number of carbonyl (C=O) groups is 2. The van der Waals surface area contributed by atoms with Gasteiger partial charge < -0.3 is 9.47 Å². The van der Waals surface area contributed by atoms with Crippen molar-refractivity contribution in [2.24, 2.45) is 0 Å². The summed E-state index contributed by atoms with van der Waals surface area (Å²) in [6.07, 6.45) is 1.65. The smallest absolute Gasteiger partial charge is 0.293 e. The fourth-order valence-corrected chi connectivity index (χ4v) is 5.06. The van der Waals surface area contributed by atoms with Crippen LogP contribution in [0.15, 0.2) is 70.0 Å². The molecule has 0 bridgehead atoms. The molecule has 0 unspecified atom stereocenters. The van der Waals surface area contributed by atoms with Gasteiger partial charge in [0.15, 0.2) is 11.5 Å². The van der Waals surface area contributed by atoms with Gasteiger partial charge in [0.2, 0.25) is 0 Å². The summed E-state index contributed by atoms with van der Waals surface area (Å²) in [6.45, 7) is 2.45. The number of ether oxygens (including phenoxy) is 2. The van der Waals surface area contributed by atoms with Crippen molar-refractivity contribution in [1.82, 2.24) is 4.90 Å². The number of imide groups is 1. The van der Waals surface area contributed by atoms with Crippen molar-refractivity contribution >= 4 is 44.9 Å². The number of amides is 2. The van der Waals surface area contributed by atoms with E-state index in [-0.39, 0.29) is 11.8 Å². The van der Waals surface area contributed by atoms with Crippen LogP contribution in [0.3, 0.4) is 0 Å². The summed E-state index contributed by atoms with van der Waals surface area (Å²) < 4.78 is 12.2. The van der Waals surface area contributed by atoms with E-state index >= 15 is 0 Å². The largest absolute Gasteiger partial charge is 0.493 e. The monoisotopic (exact) mass is 548 g/mol. The third-order valence-electron chi connectivity index (χ3n) is 5.36. The molecule has 2 amide bonds. The molecular weight excluding hydrogens is 528 g/mol. The number of nitrogens with zero attached hydrogens (tertiary/aromatic N) is 2. The Morgan fingerprint density at radius 3 is 2.66 bits per heavy atom. The highest BCUT2D eigenvalue weighted by molar-refractivity contribution is 9.10. The number of thioether (sulfide) groups is 1. The van der Waals surface area contributed by atoms with Crippen LogP contribution in [0.2, 0.25) is 0 Å². The maximum atomic E-state index is 13.0. The Morgan fingerprint density at radius 1 is 1.11 bits per heavy atom. The van der Waals surface area contributed by atoms with Crippen molar-refractivity contribution in [2.45, 2.75) is 20.1 Å². The second kappa shape index (κ2) is 10.8. The van der Waals surface area contributed by atoms with Gasteiger partial charge >= 0.3 is 0 Å². The van der Waals surface area contributed by atoms with Gasteiger partial charge in [-0.25, -0.2) is 0 Å². The summed E-state index contributed by atoms with van der Waals surface area (Å²) in [5.74, 6) is 0.649. The third-order valence-corrected chi connectivity index (χ3v) is 6.85. The zero-order chi connectivity index (χ0) is 24.9. The first-order valence-corrected chi connectivity index (χ1v) is 12.3. The Kier molecular flexibility index (Phi) is 7.59. The van der Waals surface area contributed by atoms with Crippen LogP contribution in [-0.4, -0.2) is 23.2 Å². The number of halogens is 1. The highest BCUT2D eigenvalue weighted by Crippen LogP contribution is 2.39. The molecule has 0 aromatic heterocycles. The van der Waals surface area contributed by atoms with Gasteiger partial charge in [0.1, 0.15) is 6.61 Å². The van der Waals surface area contributed by atoms with Crippen molar-refractivity contribution in [3.63, 3.8) is 0 Å². The van der Waals surface area contributed by atoms with Gasteiger partial charge in [0, 0.05) is 0 Å². The highest BCUT2D eigenvalue weighted by atomic mass is 79.9. The first-order valence-electron chi connectivity index (χ1n) is 10.7. The molecule has 0 atom stereocenters. The van der Waals surface area contributed by atoms with E-state index in [0.717, 1.165) is 27.8 Å². The average Bonchev–Trinajstić information content (AvgIpc) is 3.10. The van der Waals surface area contributed by atoms with E-state index in [4.69, 9.17) is 9.47 Å². The predicted molar refractivity (Wildman–Crippen MR) is 139 cm³/mol. The molecule has 0 spiro atoms. The maximum absolute atomic E-state index is 13.0. The quantitative estimate of drug-likeness (QED) is 0.315. The van der Waals surface area contributed by atoms with Crippen molar-refractivity contribution in [2.75, 3.05) is 7.11 Å². The molecule has 3 aromatic carbocycles. The number of hydrogen-bond acceptors (Lipinski definition) is 6. The fourth-order valence-electron chi connectivity index (χ4n) is 3.65. The molecule has 0 N–H and O–H groups in total. The summed E-state index contributed by atoms with van der Waals surface area (Å²) in [4.78, 5) is 27.0. The van der Waals surface area contributed by atoms with Gasteiger partial charge in [0.25, 0.3) is 11.1 Å². The molecule has 0 radical (unpaired) electrons. The SMILES string of the molecule is COc1cc(/C=C2/SC(=O)N(Cc3ccccc3C#N)C2=O)cc(Br)c1OCc1cccc(C)c1. The number of benzene rings is 3. The molecule has 6 nitrogen and oxygen atoms in total. The Labute approximate surface area is 216 Å². The molecule has 4 rings (SSSR count). The third kappa shape index (κ3) is 5.59. The summed E-state index contributed by atoms with van der Waals surface area (Å²) >= 11 is 4.41. The van der Waals surface area contributed by atoms with Gasteiger partial charge in [-0.05, 0) is 75.6 Å². The predicted octanol–water partition coefficient (Wildman–Crippen LogP) is 6.45. The molecule has 1 fully saturated rings. The number of hydrogen-bond donors (Lipinski definition) is 0. The van der Waals surface area contributed by atoms with Crippen molar-refractivity contribution in [3.8, 4) is 17.6 Å². The van der Waals surface area contributed by atoms with Crippen molar-refractivity contribution in [1.29, 1.82) is 5.26 Å². The minimum atomic E-state index is -0.400. The van der Waals surface area contributed by atoms with Gasteiger partial charge in [0.05, 0.1) is 34.7 Å². The second-order valence-electron chi connectivity index (χ2n) is 7.85. The van der Waals surface area contributed by atoms with E-state index in [9.17, 15) is 14.9 Å². The van der Waals surface area contributed by atoms with Crippen LogP contribution in [0, 0.1) is 18.3 Å². The van der Waals surface area contributed by atoms with Gasteiger partial charge in [-0.3, -0.25) is 14.5 Å². The summed E-state index contributed by atoms with van der Waals surface area (Å²) in [5, 5.41) is 8.93. The first kappa shape index (κ1) is 24.6. The Balaban J connectivity index is 1.55. The fraction of sp³-hybridized carbons (Fsp3) is 0.148. The minimum Gasteiger partial charge on any atom is -0.493 e. The van der Waals surface area contributed by atoms with Crippen LogP contribution in [0.5, 0.6) is 11.5 Å². The van der Waals surface area contributed by atoms with E-state index in [1.54, 1.807) is 43.5 Å². The number of aryl methyl sites for hydroxylation is 1. The molecule has 35 heavy (non-hydrogen) atoms. The lowest BCUT2D eigenvalue weighted by Gasteiger charge is -2.14. The standard InChI is InChI=1S/C27H21BrN2O4S/c1-17-6-5-7-18(10-17)16-34-25-22(28)11-19(12-23(25)33-2)13-24-26(31)30(27(32)35-24)15-21-9-4-3-8-20(21)14-29/h3-13H,15-16H2,1-2H3/b24-13+. The van der Waals surface area contributed by atoms with Crippen molar-refractivity contribution < 1.29 is 19.1 Å². The topological polar surface area (TPSA) is 79.6 Å². The second-order valence-corrected chi connectivity index (χ2v) is 9.70. The number of carbonyl (C=O) groups excluding carboxylic acids is 2. The Hall–Kier alpha value is -3.54. The van der Waals surface area contributed by atoms with Gasteiger partial charge in [-0.2, -0.15) is 5.26 Å². The van der Waals surface area contributed by atoms with Crippen LogP contribution in [-0.2, 0) is 17.9 Å². The highest BCUT2D eigenvalue weighted by Gasteiger charge is 2.35. The number of methoxy groups -OCH3 is 1. The Bertz CT molecular complexity index is 1380. The molecule has 176 valence electrons. The molecule has 1 heterocycles. The molecular formula is C27H21BrN2O4S. The minimum absolute atomic E-state index is 0.0461. The normalized spacial score (nSPS) is 14.3. The zero-order valence-electron chi connectivity index (χ0n) is 19.1. The average molecular weight is 549 g/mol. The Morgan fingerprint density at radius 2 is 1.91 bits per heavy atom. The van der Waals surface area contributed by atoms with E-state index < -0.39 is 5.91 Å². The maximum Gasteiger partial charge on any atom is 0.293 e. The van der Waals surface area contributed by atoms with E-state index in [0.29, 0.717) is 44.2 Å². The molecule has 1 aliphatic rings. The molecule has 0 saturated carbocycles. The lowest BCUT2D eigenvalue weighted by atomic mass is 10.1. The van der Waals surface area contributed by atoms with Crippen LogP contribution in [0.1, 0.15) is 27.8 Å². The lowest BCUT2D eigenvalue weighted by molar-refractivity contribution is -0.123. The van der Waals surface area contributed by atoms with E-state index in [1.807, 2.05) is 31.2 Å². The molecule has 0 aliphatic carbocycles. The van der Waals surface area contributed by atoms with Gasteiger partial charge in [-0.15, -0.1) is 0 Å². The zero-order valence-corrected chi connectivity index (χ0v) is 21.5. The van der Waals surface area contributed by atoms with Crippen LogP contribution in [0.4, 0.5) is 4.79 Å². The van der Waals surface area contributed by atoms with E-state index in [2.05, 4.69) is 28.1 Å². The van der Waals surface area contributed by atoms with Crippen LogP contribution in [0.25, 0.3) is 6.08 Å². The number of nitriles is 1.